The van der Waals surface area contributed by atoms with E-state index in [2.05, 4.69) is 5.32 Å². The molecule has 0 amide bonds. The fourth-order valence-electron chi connectivity index (χ4n) is 1.61. The SMILES string of the molecule is Fc1ccc(NCC2CCOC2)cc1F. The van der Waals surface area contributed by atoms with Crippen molar-refractivity contribution in [3.05, 3.63) is 29.8 Å². The van der Waals surface area contributed by atoms with Gasteiger partial charge in [0.15, 0.2) is 11.6 Å². The fourth-order valence-corrected chi connectivity index (χ4v) is 1.61. The summed E-state index contributed by atoms with van der Waals surface area (Å²) in [5, 5.41) is 3.07. The maximum Gasteiger partial charge on any atom is 0.160 e. The molecule has 82 valence electrons. The lowest BCUT2D eigenvalue weighted by molar-refractivity contribution is 0.187. The van der Waals surface area contributed by atoms with Crippen molar-refractivity contribution >= 4 is 5.69 Å². The van der Waals surface area contributed by atoms with Gasteiger partial charge < -0.3 is 10.1 Å². The average molecular weight is 213 g/mol. The smallest absolute Gasteiger partial charge is 0.160 e. The number of hydrogen-bond donors (Lipinski definition) is 1. The molecule has 0 radical (unpaired) electrons. The van der Waals surface area contributed by atoms with Crippen LogP contribution in [0.15, 0.2) is 18.2 Å². The second-order valence-corrected chi connectivity index (χ2v) is 3.74. The molecule has 1 heterocycles. The molecule has 1 aromatic rings. The molecule has 1 saturated heterocycles. The van der Waals surface area contributed by atoms with Crippen LogP contribution in [0.4, 0.5) is 14.5 Å². The molecule has 1 unspecified atom stereocenters. The summed E-state index contributed by atoms with van der Waals surface area (Å²) < 4.78 is 30.7. The zero-order chi connectivity index (χ0) is 10.7. The monoisotopic (exact) mass is 213 g/mol. The maximum absolute atomic E-state index is 12.8. The summed E-state index contributed by atoms with van der Waals surface area (Å²) in [6, 6.07) is 3.84. The molecule has 1 atom stereocenters. The predicted molar refractivity (Wildman–Crippen MR) is 53.8 cm³/mol. The van der Waals surface area contributed by atoms with Crippen LogP contribution < -0.4 is 5.32 Å². The Hall–Kier alpha value is -1.16. The Morgan fingerprint density at radius 2 is 2.20 bits per heavy atom. The van der Waals surface area contributed by atoms with Crippen LogP contribution in [-0.2, 0) is 4.74 Å². The average Bonchev–Trinajstić information content (AvgIpc) is 2.73. The minimum Gasteiger partial charge on any atom is -0.385 e. The van der Waals surface area contributed by atoms with Gasteiger partial charge in [-0.2, -0.15) is 0 Å². The lowest BCUT2D eigenvalue weighted by atomic mass is 10.1. The lowest BCUT2D eigenvalue weighted by Crippen LogP contribution is -2.14. The van der Waals surface area contributed by atoms with Gasteiger partial charge in [-0.05, 0) is 24.6 Å². The molecule has 1 aliphatic heterocycles. The van der Waals surface area contributed by atoms with Crippen molar-refractivity contribution in [2.75, 3.05) is 25.1 Å². The largest absolute Gasteiger partial charge is 0.385 e. The van der Waals surface area contributed by atoms with Crippen molar-refractivity contribution < 1.29 is 13.5 Å². The highest BCUT2D eigenvalue weighted by Crippen LogP contribution is 2.16. The second kappa shape index (κ2) is 4.57. The van der Waals surface area contributed by atoms with Gasteiger partial charge in [0.05, 0.1) is 6.61 Å². The summed E-state index contributed by atoms with van der Waals surface area (Å²) in [6.07, 6.45) is 1.02. The molecule has 2 nitrogen and oxygen atoms in total. The molecule has 2 rings (SSSR count). The Bertz CT molecular complexity index is 337. The second-order valence-electron chi connectivity index (χ2n) is 3.74. The number of halogens is 2. The first-order valence-electron chi connectivity index (χ1n) is 5.02. The molecule has 1 aliphatic rings. The van der Waals surface area contributed by atoms with Gasteiger partial charge in [-0.15, -0.1) is 0 Å². The Kier molecular flexibility index (Phi) is 3.16. The zero-order valence-corrected chi connectivity index (χ0v) is 8.30. The summed E-state index contributed by atoms with van der Waals surface area (Å²) in [4.78, 5) is 0. The van der Waals surface area contributed by atoms with Crippen LogP contribution in [0.25, 0.3) is 0 Å². The Morgan fingerprint density at radius 3 is 2.87 bits per heavy atom. The third kappa shape index (κ3) is 2.65. The van der Waals surface area contributed by atoms with E-state index in [4.69, 9.17) is 4.74 Å². The van der Waals surface area contributed by atoms with Crippen LogP contribution in [0.2, 0.25) is 0 Å². The van der Waals surface area contributed by atoms with Crippen molar-refractivity contribution in [1.29, 1.82) is 0 Å². The van der Waals surface area contributed by atoms with Gasteiger partial charge in [0.25, 0.3) is 0 Å². The van der Waals surface area contributed by atoms with Crippen LogP contribution in [-0.4, -0.2) is 19.8 Å². The van der Waals surface area contributed by atoms with Crippen LogP contribution in [0.3, 0.4) is 0 Å². The molecule has 0 spiro atoms. The van der Waals surface area contributed by atoms with Gasteiger partial charge in [0.2, 0.25) is 0 Å². The van der Waals surface area contributed by atoms with E-state index in [1.807, 2.05) is 0 Å². The summed E-state index contributed by atoms with van der Waals surface area (Å²) >= 11 is 0. The summed E-state index contributed by atoms with van der Waals surface area (Å²) in [7, 11) is 0. The molecule has 0 aromatic heterocycles. The van der Waals surface area contributed by atoms with Crippen molar-refractivity contribution in [3.8, 4) is 0 Å². The van der Waals surface area contributed by atoms with E-state index in [1.165, 1.54) is 12.1 Å². The maximum atomic E-state index is 12.8. The van der Waals surface area contributed by atoms with Gasteiger partial charge in [-0.1, -0.05) is 0 Å². The number of rotatable bonds is 3. The highest BCUT2D eigenvalue weighted by atomic mass is 19.2. The number of benzene rings is 1. The Labute approximate surface area is 87.2 Å². The van der Waals surface area contributed by atoms with Crippen LogP contribution in [0, 0.1) is 17.6 Å². The van der Waals surface area contributed by atoms with E-state index >= 15 is 0 Å². The van der Waals surface area contributed by atoms with Crippen LogP contribution in [0.5, 0.6) is 0 Å². The number of hydrogen-bond acceptors (Lipinski definition) is 2. The van der Waals surface area contributed by atoms with E-state index in [1.54, 1.807) is 0 Å². The van der Waals surface area contributed by atoms with E-state index in [9.17, 15) is 8.78 Å². The van der Waals surface area contributed by atoms with Gasteiger partial charge in [-0.3, -0.25) is 0 Å². The topological polar surface area (TPSA) is 21.3 Å². The molecule has 15 heavy (non-hydrogen) atoms. The normalized spacial score (nSPS) is 20.5. The van der Waals surface area contributed by atoms with Crippen molar-refractivity contribution in [3.63, 3.8) is 0 Å². The van der Waals surface area contributed by atoms with E-state index in [-0.39, 0.29) is 0 Å². The first-order valence-corrected chi connectivity index (χ1v) is 5.02. The Morgan fingerprint density at radius 1 is 1.33 bits per heavy atom. The van der Waals surface area contributed by atoms with Crippen LogP contribution >= 0.6 is 0 Å². The molecular formula is C11H13F2NO. The molecular weight excluding hydrogens is 200 g/mol. The van der Waals surface area contributed by atoms with Crippen molar-refractivity contribution in [2.24, 2.45) is 5.92 Å². The highest BCUT2D eigenvalue weighted by molar-refractivity contribution is 5.43. The first-order chi connectivity index (χ1) is 7.25. The predicted octanol–water partition coefficient (Wildman–Crippen LogP) is 2.41. The molecule has 0 aliphatic carbocycles. The molecule has 1 fully saturated rings. The Balaban J connectivity index is 1.90. The van der Waals surface area contributed by atoms with Gasteiger partial charge in [0.1, 0.15) is 0 Å². The molecule has 0 saturated carbocycles. The van der Waals surface area contributed by atoms with E-state index in [0.29, 0.717) is 11.6 Å². The van der Waals surface area contributed by atoms with E-state index < -0.39 is 11.6 Å². The number of anilines is 1. The van der Waals surface area contributed by atoms with E-state index in [0.717, 1.165) is 32.2 Å². The minimum atomic E-state index is -0.817. The van der Waals surface area contributed by atoms with Gasteiger partial charge >= 0.3 is 0 Å². The minimum absolute atomic E-state index is 0.470. The third-order valence-electron chi connectivity index (χ3n) is 2.54. The number of nitrogens with one attached hydrogen (secondary N) is 1. The molecule has 1 N–H and O–H groups in total. The fraction of sp³-hybridized carbons (Fsp3) is 0.455. The number of ether oxygens (including phenoxy) is 1. The summed E-state index contributed by atoms with van der Waals surface area (Å²) in [5.74, 6) is -1.16. The molecule has 0 bridgehead atoms. The van der Waals surface area contributed by atoms with Crippen LogP contribution in [0.1, 0.15) is 6.42 Å². The quantitative estimate of drug-likeness (QED) is 0.832. The van der Waals surface area contributed by atoms with Crippen molar-refractivity contribution in [1.82, 2.24) is 0 Å². The standard InChI is InChI=1S/C11H13F2NO/c12-10-2-1-9(5-11(10)13)14-6-8-3-4-15-7-8/h1-2,5,8,14H,3-4,6-7H2. The van der Waals surface area contributed by atoms with Crippen molar-refractivity contribution in [2.45, 2.75) is 6.42 Å². The molecule has 1 aromatic carbocycles. The molecule has 4 heteroatoms. The third-order valence-corrected chi connectivity index (χ3v) is 2.54. The summed E-state index contributed by atoms with van der Waals surface area (Å²) in [5.41, 5.74) is 0.612. The first kappa shape index (κ1) is 10.4. The van der Waals surface area contributed by atoms with Gasteiger partial charge in [0, 0.05) is 24.8 Å². The highest BCUT2D eigenvalue weighted by Gasteiger charge is 2.15. The zero-order valence-electron chi connectivity index (χ0n) is 8.30. The lowest BCUT2D eigenvalue weighted by Gasteiger charge is -2.10. The summed E-state index contributed by atoms with van der Waals surface area (Å²) in [6.45, 7) is 2.28. The van der Waals surface area contributed by atoms with Gasteiger partial charge in [-0.25, -0.2) is 8.78 Å².